The summed E-state index contributed by atoms with van der Waals surface area (Å²) in [6, 6.07) is 69.9. The Morgan fingerprint density at radius 3 is 1.30 bits per heavy atom. The van der Waals surface area contributed by atoms with Crippen LogP contribution in [0.5, 0.6) is 0 Å². The fourth-order valence-electron chi connectivity index (χ4n) is 7.77. The van der Waals surface area contributed by atoms with Crippen LogP contribution >= 0.6 is 0 Å². The highest BCUT2D eigenvalue weighted by atomic mass is 16.3. The van der Waals surface area contributed by atoms with E-state index in [1.807, 2.05) is 0 Å². The molecule has 9 aromatic carbocycles. The maximum Gasteiger partial charge on any atom is 0.143 e. The summed E-state index contributed by atoms with van der Waals surface area (Å²) in [5, 5.41) is 7.29. The molecule has 250 valence electrons. The van der Waals surface area contributed by atoms with E-state index in [-0.39, 0.29) is 0 Å². The lowest BCUT2D eigenvalue weighted by Gasteiger charge is -2.26. The predicted octanol–water partition coefficient (Wildman–Crippen LogP) is 14.7. The second-order valence-corrected chi connectivity index (χ2v) is 13.8. The fourth-order valence-corrected chi connectivity index (χ4v) is 7.77. The van der Waals surface area contributed by atoms with Crippen LogP contribution in [-0.2, 0) is 0 Å². The molecule has 0 radical (unpaired) electrons. The first-order valence-electron chi connectivity index (χ1n) is 18.2. The molecule has 2 heteroatoms. The van der Waals surface area contributed by atoms with Crippen LogP contribution in [-0.4, -0.2) is 0 Å². The first-order chi connectivity index (χ1) is 26.2. The maximum atomic E-state index is 6.52. The Morgan fingerprint density at radius 2 is 0.774 bits per heavy atom. The first kappa shape index (κ1) is 30.9. The summed E-state index contributed by atoms with van der Waals surface area (Å²) in [6.07, 6.45) is 0. The number of hydrogen-bond donors (Lipinski definition) is 0. The number of benzene rings is 9. The van der Waals surface area contributed by atoms with Gasteiger partial charge in [0, 0.05) is 33.4 Å². The van der Waals surface area contributed by atoms with Crippen molar-refractivity contribution in [1.29, 1.82) is 0 Å². The topological polar surface area (TPSA) is 16.4 Å². The summed E-state index contributed by atoms with van der Waals surface area (Å²) in [5.41, 5.74) is 13.3. The molecule has 0 N–H and O–H groups in total. The van der Waals surface area contributed by atoms with E-state index in [9.17, 15) is 0 Å². The molecule has 0 fully saturated rings. The van der Waals surface area contributed by atoms with Crippen LogP contribution in [0.2, 0.25) is 0 Å². The fraction of sp³-hybridized carbons (Fsp3) is 0.0196. The van der Waals surface area contributed by atoms with Crippen molar-refractivity contribution in [3.63, 3.8) is 0 Å². The normalized spacial score (nSPS) is 11.5. The van der Waals surface area contributed by atoms with Crippen LogP contribution in [0, 0.1) is 6.92 Å². The number of hydrogen-bond acceptors (Lipinski definition) is 2. The van der Waals surface area contributed by atoms with Gasteiger partial charge in [0.1, 0.15) is 11.2 Å². The van der Waals surface area contributed by atoms with Crippen LogP contribution < -0.4 is 4.90 Å². The molecule has 0 bridgehead atoms. The Morgan fingerprint density at radius 1 is 0.340 bits per heavy atom. The zero-order chi connectivity index (χ0) is 35.3. The van der Waals surface area contributed by atoms with E-state index in [4.69, 9.17) is 4.42 Å². The summed E-state index contributed by atoms with van der Waals surface area (Å²) in [7, 11) is 0. The molecule has 0 saturated carbocycles. The molecule has 10 aromatic rings. The third-order valence-corrected chi connectivity index (χ3v) is 10.6. The number of nitrogens with zero attached hydrogens (tertiary/aromatic N) is 1. The van der Waals surface area contributed by atoms with Gasteiger partial charge in [0.05, 0.1) is 0 Å². The highest BCUT2D eigenvalue weighted by molar-refractivity contribution is 6.10. The lowest BCUT2D eigenvalue weighted by atomic mass is 9.99. The van der Waals surface area contributed by atoms with E-state index >= 15 is 0 Å². The van der Waals surface area contributed by atoms with Gasteiger partial charge < -0.3 is 9.32 Å². The van der Waals surface area contributed by atoms with Crippen molar-refractivity contribution in [2.24, 2.45) is 0 Å². The average molecular weight is 678 g/mol. The maximum absolute atomic E-state index is 6.52. The molecule has 0 atom stereocenters. The van der Waals surface area contributed by atoms with Crippen LogP contribution in [0.25, 0.3) is 76.9 Å². The van der Waals surface area contributed by atoms with E-state index in [0.717, 1.165) is 55.7 Å². The lowest BCUT2D eigenvalue weighted by Crippen LogP contribution is -2.09. The third-order valence-electron chi connectivity index (χ3n) is 10.6. The molecular weight excluding hydrogens is 643 g/mol. The van der Waals surface area contributed by atoms with Gasteiger partial charge in [0.15, 0.2) is 0 Å². The van der Waals surface area contributed by atoms with Gasteiger partial charge in [-0.2, -0.15) is 0 Å². The molecule has 1 heterocycles. The van der Waals surface area contributed by atoms with Gasteiger partial charge in [-0.3, -0.25) is 0 Å². The van der Waals surface area contributed by atoms with Crippen molar-refractivity contribution in [2.45, 2.75) is 6.92 Å². The van der Waals surface area contributed by atoms with Gasteiger partial charge in [-0.25, -0.2) is 0 Å². The molecule has 0 amide bonds. The van der Waals surface area contributed by atoms with Crippen molar-refractivity contribution in [2.75, 3.05) is 4.90 Å². The van der Waals surface area contributed by atoms with Crippen LogP contribution in [0.4, 0.5) is 17.1 Å². The summed E-state index contributed by atoms with van der Waals surface area (Å²) in [6.45, 7) is 2.11. The first-order valence-corrected chi connectivity index (χ1v) is 18.2. The van der Waals surface area contributed by atoms with Crippen molar-refractivity contribution >= 4 is 60.5 Å². The molecule has 0 spiro atoms. The highest BCUT2D eigenvalue weighted by Crippen LogP contribution is 2.40. The zero-order valence-corrected chi connectivity index (χ0v) is 29.3. The Bertz CT molecular complexity index is 2810. The monoisotopic (exact) mass is 677 g/mol. The molecule has 0 unspecified atom stereocenters. The average Bonchev–Trinajstić information content (AvgIpc) is 3.62. The van der Waals surface area contributed by atoms with Gasteiger partial charge in [-0.15, -0.1) is 0 Å². The van der Waals surface area contributed by atoms with Crippen molar-refractivity contribution in [3.05, 3.63) is 200 Å². The lowest BCUT2D eigenvalue weighted by molar-refractivity contribution is 0.667. The van der Waals surface area contributed by atoms with Crippen LogP contribution in [0.1, 0.15) is 5.56 Å². The van der Waals surface area contributed by atoms with Gasteiger partial charge in [-0.05, 0) is 110 Å². The summed E-state index contributed by atoms with van der Waals surface area (Å²) < 4.78 is 6.52. The quantitative estimate of drug-likeness (QED) is 0.174. The molecule has 0 aliphatic carbocycles. The van der Waals surface area contributed by atoms with Crippen molar-refractivity contribution in [1.82, 2.24) is 0 Å². The summed E-state index contributed by atoms with van der Waals surface area (Å²) in [5.74, 6) is 0. The molecular formula is C51H35NO. The number of furan rings is 1. The number of anilines is 3. The molecule has 2 nitrogen and oxygen atoms in total. The Kier molecular flexibility index (Phi) is 7.40. The van der Waals surface area contributed by atoms with Gasteiger partial charge in [0.2, 0.25) is 0 Å². The van der Waals surface area contributed by atoms with Crippen molar-refractivity contribution in [3.8, 4) is 33.4 Å². The number of rotatable bonds is 6. The SMILES string of the molecule is Cc1cccc2c1oc1c(-c3ccc(N(c4ccc(-c5ccc6ccccc6c5)cc4)c4ccc(-c5ccc6ccccc6c5)cc4)cc3)cccc12. The minimum Gasteiger partial charge on any atom is -0.455 e. The molecule has 0 aliphatic heterocycles. The van der Waals surface area contributed by atoms with Gasteiger partial charge in [-0.1, -0.05) is 146 Å². The van der Waals surface area contributed by atoms with Gasteiger partial charge in [0.25, 0.3) is 0 Å². The molecule has 0 aliphatic rings. The highest BCUT2D eigenvalue weighted by Gasteiger charge is 2.16. The number of fused-ring (bicyclic) bond motifs is 5. The Balaban J connectivity index is 1.04. The minimum atomic E-state index is 0.926. The molecule has 53 heavy (non-hydrogen) atoms. The smallest absolute Gasteiger partial charge is 0.143 e. The summed E-state index contributed by atoms with van der Waals surface area (Å²) in [4.78, 5) is 2.34. The van der Waals surface area contributed by atoms with E-state index in [1.165, 1.54) is 43.8 Å². The van der Waals surface area contributed by atoms with E-state index in [2.05, 4.69) is 206 Å². The largest absolute Gasteiger partial charge is 0.455 e. The third kappa shape index (κ3) is 5.53. The zero-order valence-electron chi connectivity index (χ0n) is 29.3. The Labute approximate surface area is 308 Å². The second-order valence-electron chi connectivity index (χ2n) is 13.8. The number of aryl methyl sites for hydroxylation is 1. The standard InChI is InChI=1S/C51H35NO/c1-34-8-6-14-48-49-15-7-13-47(51(49)53-50(34)48)39-24-30-46(31-25-39)52(44-26-20-37(21-27-44)42-18-16-35-9-2-4-11-40(35)32-42)45-28-22-38(23-29-45)43-19-17-36-10-3-5-12-41(36)33-43/h2-33H,1H3. The summed E-state index contributed by atoms with van der Waals surface area (Å²) >= 11 is 0. The van der Waals surface area contributed by atoms with Crippen LogP contribution in [0.15, 0.2) is 199 Å². The van der Waals surface area contributed by atoms with Gasteiger partial charge >= 0.3 is 0 Å². The molecule has 1 aromatic heterocycles. The second kappa shape index (κ2) is 12.7. The van der Waals surface area contributed by atoms with E-state index in [1.54, 1.807) is 0 Å². The van der Waals surface area contributed by atoms with E-state index < -0.39 is 0 Å². The minimum absolute atomic E-state index is 0.926. The molecule has 0 saturated heterocycles. The van der Waals surface area contributed by atoms with Crippen LogP contribution in [0.3, 0.4) is 0 Å². The number of para-hydroxylation sites is 2. The van der Waals surface area contributed by atoms with Crippen molar-refractivity contribution < 1.29 is 4.42 Å². The molecule has 10 rings (SSSR count). The predicted molar refractivity (Wildman–Crippen MR) is 224 cm³/mol. The van der Waals surface area contributed by atoms with E-state index in [0.29, 0.717) is 0 Å². The Hall–Kier alpha value is -6.90.